The highest BCUT2D eigenvalue weighted by Gasteiger charge is 2.11. The quantitative estimate of drug-likeness (QED) is 0.758. The third kappa shape index (κ3) is 5.00. The highest BCUT2D eigenvalue weighted by Crippen LogP contribution is 2.19. The molecule has 0 aliphatic rings. The maximum atomic E-state index is 13.1. The van der Waals surface area contributed by atoms with Gasteiger partial charge >= 0.3 is 0 Å². The van der Waals surface area contributed by atoms with Gasteiger partial charge in [-0.15, -0.1) is 0 Å². The third-order valence-electron chi connectivity index (χ3n) is 4.07. The number of rotatable bonds is 7. The van der Waals surface area contributed by atoms with E-state index in [0.29, 0.717) is 19.4 Å². The first-order valence-corrected chi connectivity index (χ1v) is 8.38. The van der Waals surface area contributed by atoms with Crippen LogP contribution in [0.15, 0.2) is 30.3 Å². The van der Waals surface area contributed by atoms with Gasteiger partial charge in [-0.3, -0.25) is 4.79 Å². The number of aromatic nitrogens is 2. The summed E-state index contributed by atoms with van der Waals surface area (Å²) in [5.74, 6) is -0.508. The van der Waals surface area contributed by atoms with Crippen molar-refractivity contribution in [2.24, 2.45) is 0 Å². The van der Waals surface area contributed by atoms with Gasteiger partial charge in [0.15, 0.2) is 0 Å². The predicted octanol–water partition coefficient (Wildman–Crippen LogP) is 2.92. The number of aryl methyl sites for hydroxylation is 1. The van der Waals surface area contributed by atoms with Crippen molar-refractivity contribution in [3.63, 3.8) is 0 Å². The monoisotopic (exact) mass is 345 g/mol. The third-order valence-corrected chi connectivity index (χ3v) is 4.07. The van der Waals surface area contributed by atoms with Gasteiger partial charge in [0.1, 0.15) is 5.82 Å². The minimum absolute atomic E-state index is 0.211. The molecule has 1 aromatic carbocycles. The highest BCUT2D eigenvalue weighted by molar-refractivity contribution is 5.92. The molecule has 25 heavy (non-hydrogen) atoms. The van der Waals surface area contributed by atoms with Crippen LogP contribution < -0.4 is 5.32 Å². The molecular formula is C19H24FN3O2. The van der Waals surface area contributed by atoms with E-state index < -0.39 is 0 Å². The second kappa shape index (κ2) is 8.58. The first kappa shape index (κ1) is 18.9. The average molecular weight is 345 g/mol. The summed E-state index contributed by atoms with van der Waals surface area (Å²) >= 11 is 0. The van der Waals surface area contributed by atoms with Crippen molar-refractivity contribution in [2.45, 2.75) is 39.7 Å². The predicted molar refractivity (Wildman–Crippen MR) is 96.0 cm³/mol. The lowest BCUT2D eigenvalue weighted by atomic mass is 10.1. The summed E-state index contributed by atoms with van der Waals surface area (Å²) in [6.07, 6.45) is 4.01. The summed E-state index contributed by atoms with van der Waals surface area (Å²) < 4.78 is 14.8. The average Bonchev–Trinajstić information content (AvgIpc) is 2.87. The summed E-state index contributed by atoms with van der Waals surface area (Å²) in [6.45, 7) is 6.10. The van der Waals surface area contributed by atoms with Crippen molar-refractivity contribution in [3.8, 4) is 5.69 Å². The van der Waals surface area contributed by atoms with E-state index in [-0.39, 0.29) is 17.8 Å². The molecule has 1 unspecified atom stereocenters. The number of aliphatic hydroxyl groups is 1. The molecule has 0 aliphatic carbocycles. The first-order valence-electron chi connectivity index (χ1n) is 8.38. The van der Waals surface area contributed by atoms with Gasteiger partial charge < -0.3 is 10.4 Å². The van der Waals surface area contributed by atoms with Gasteiger partial charge in [0.05, 0.1) is 17.5 Å². The molecule has 2 rings (SSSR count). The zero-order valence-corrected chi connectivity index (χ0v) is 14.8. The van der Waals surface area contributed by atoms with Crippen LogP contribution in [0.4, 0.5) is 4.39 Å². The first-order chi connectivity index (χ1) is 11.9. The smallest absolute Gasteiger partial charge is 0.244 e. The molecule has 1 amide bonds. The van der Waals surface area contributed by atoms with Crippen molar-refractivity contribution in [1.82, 2.24) is 15.1 Å². The van der Waals surface area contributed by atoms with Gasteiger partial charge in [-0.2, -0.15) is 5.10 Å². The van der Waals surface area contributed by atoms with Crippen LogP contribution in [0.2, 0.25) is 0 Å². The van der Waals surface area contributed by atoms with E-state index in [9.17, 15) is 14.3 Å². The van der Waals surface area contributed by atoms with Crippen molar-refractivity contribution in [3.05, 3.63) is 53.1 Å². The van der Waals surface area contributed by atoms with Crippen LogP contribution in [0, 0.1) is 19.7 Å². The summed E-state index contributed by atoms with van der Waals surface area (Å²) in [7, 11) is 0. The van der Waals surface area contributed by atoms with E-state index in [1.807, 2.05) is 20.8 Å². The Hall–Kier alpha value is -2.47. The molecule has 6 heteroatoms. The summed E-state index contributed by atoms with van der Waals surface area (Å²) in [4.78, 5) is 11.9. The second-order valence-corrected chi connectivity index (χ2v) is 5.95. The van der Waals surface area contributed by atoms with Crippen LogP contribution in [0.3, 0.4) is 0 Å². The lowest BCUT2D eigenvalue weighted by molar-refractivity contribution is -0.116. The standard InChI is InChI=1S/C19H24FN3O2/c1-4-17(24)11-12-21-19(25)10-9-18-13(2)22-23(14(18)3)16-7-5-15(20)6-8-16/h5-10,17,24H,4,11-12H2,1-3H3,(H,21,25)/b10-9+. The summed E-state index contributed by atoms with van der Waals surface area (Å²) in [6, 6.07) is 6.10. The zero-order chi connectivity index (χ0) is 18.4. The number of benzene rings is 1. The molecule has 5 nitrogen and oxygen atoms in total. The number of halogens is 1. The van der Waals surface area contributed by atoms with Gasteiger partial charge in [-0.25, -0.2) is 9.07 Å². The van der Waals surface area contributed by atoms with Gasteiger partial charge in [0.25, 0.3) is 0 Å². The molecule has 0 bridgehead atoms. The normalized spacial score (nSPS) is 12.5. The van der Waals surface area contributed by atoms with Gasteiger partial charge in [0.2, 0.25) is 5.91 Å². The SMILES string of the molecule is CCC(O)CCNC(=O)/C=C/c1c(C)nn(-c2ccc(F)cc2)c1C. The molecule has 0 saturated carbocycles. The minimum Gasteiger partial charge on any atom is -0.393 e. The van der Waals surface area contributed by atoms with E-state index in [1.54, 1.807) is 22.9 Å². The molecule has 1 heterocycles. The molecule has 1 atom stereocenters. The van der Waals surface area contributed by atoms with Crippen LogP contribution in [0.25, 0.3) is 11.8 Å². The second-order valence-electron chi connectivity index (χ2n) is 5.95. The number of nitrogens with zero attached hydrogens (tertiary/aromatic N) is 2. The largest absolute Gasteiger partial charge is 0.393 e. The van der Waals surface area contributed by atoms with Gasteiger partial charge in [0, 0.05) is 23.9 Å². The van der Waals surface area contributed by atoms with Gasteiger partial charge in [-0.1, -0.05) is 6.92 Å². The van der Waals surface area contributed by atoms with Crippen molar-refractivity contribution >= 4 is 12.0 Å². The van der Waals surface area contributed by atoms with Crippen LogP contribution >= 0.6 is 0 Å². The fourth-order valence-electron chi connectivity index (χ4n) is 2.51. The van der Waals surface area contributed by atoms with Crippen molar-refractivity contribution in [2.75, 3.05) is 6.54 Å². The molecule has 0 saturated heterocycles. The van der Waals surface area contributed by atoms with E-state index in [4.69, 9.17) is 0 Å². The molecule has 2 aromatic rings. The highest BCUT2D eigenvalue weighted by atomic mass is 19.1. The fourth-order valence-corrected chi connectivity index (χ4v) is 2.51. The lowest BCUT2D eigenvalue weighted by Gasteiger charge is -2.07. The number of carbonyl (C=O) groups is 1. The Morgan fingerprint density at radius 3 is 2.68 bits per heavy atom. The van der Waals surface area contributed by atoms with E-state index in [1.165, 1.54) is 18.2 Å². The maximum absolute atomic E-state index is 13.1. The Morgan fingerprint density at radius 2 is 2.04 bits per heavy atom. The van der Waals surface area contributed by atoms with Crippen LogP contribution in [0.1, 0.15) is 36.7 Å². The maximum Gasteiger partial charge on any atom is 0.244 e. The zero-order valence-electron chi connectivity index (χ0n) is 14.8. The Morgan fingerprint density at radius 1 is 1.36 bits per heavy atom. The Bertz CT molecular complexity index is 751. The molecule has 0 radical (unpaired) electrons. The van der Waals surface area contributed by atoms with Crippen molar-refractivity contribution in [1.29, 1.82) is 0 Å². The van der Waals surface area contributed by atoms with E-state index in [0.717, 1.165) is 22.6 Å². The Balaban J connectivity index is 2.07. The number of amides is 1. The molecule has 1 aromatic heterocycles. The number of nitrogens with one attached hydrogen (secondary N) is 1. The van der Waals surface area contributed by atoms with E-state index in [2.05, 4.69) is 10.4 Å². The van der Waals surface area contributed by atoms with Crippen LogP contribution in [-0.2, 0) is 4.79 Å². The lowest BCUT2D eigenvalue weighted by Crippen LogP contribution is -2.25. The summed E-state index contributed by atoms with van der Waals surface area (Å²) in [5.41, 5.74) is 3.27. The number of aliphatic hydroxyl groups excluding tert-OH is 1. The van der Waals surface area contributed by atoms with Gasteiger partial charge in [-0.05, 0) is 57.0 Å². The molecule has 0 spiro atoms. The van der Waals surface area contributed by atoms with Crippen LogP contribution in [0.5, 0.6) is 0 Å². The number of carbonyl (C=O) groups excluding carboxylic acids is 1. The van der Waals surface area contributed by atoms with Crippen molar-refractivity contribution < 1.29 is 14.3 Å². The molecule has 134 valence electrons. The number of hydrogen-bond donors (Lipinski definition) is 2. The summed E-state index contributed by atoms with van der Waals surface area (Å²) in [5, 5.41) is 16.7. The van der Waals surface area contributed by atoms with E-state index >= 15 is 0 Å². The molecule has 0 fully saturated rings. The topological polar surface area (TPSA) is 67.2 Å². The Kier molecular flexibility index (Phi) is 6.47. The fraction of sp³-hybridized carbons (Fsp3) is 0.368. The Labute approximate surface area is 147 Å². The number of hydrogen-bond acceptors (Lipinski definition) is 3. The minimum atomic E-state index is -0.386. The molecular weight excluding hydrogens is 321 g/mol. The molecule has 0 aliphatic heterocycles. The van der Waals surface area contributed by atoms with Crippen LogP contribution in [-0.4, -0.2) is 33.4 Å². The molecule has 2 N–H and O–H groups in total.